The summed E-state index contributed by atoms with van der Waals surface area (Å²) in [5.41, 5.74) is 7.10. The zero-order chi connectivity index (χ0) is 12.5. The summed E-state index contributed by atoms with van der Waals surface area (Å²) in [6.45, 7) is 1.05. The summed E-state index contributed by atoms with van der Waals surface area (Å²) in [6, 6.07) is 6.43. The number of nitrogens with zero attached hydrogens (tertiary/aromatic N) is 2. The van der Waals surface area contributed by atoms with E-state index >= 15 is 0 Å². The number of nitrogens with two attached hydrogens (primary N) is 1. The molecule has 0 amide bonds. The lowest BCUT2D eigenvalue weighted by Crippen LogP contribution is -2.14. The van der Waals surface area contributed by atoms with Crippen molar-refractivity contribution >= 4 is 16.6 Å². The van der Waals surface area contributed by atoms with Crippen LogP contribution in [0.4, 0.5) is 5.82 Å². The van der Waals surface area contributed by atoms with Crippen molar-refractivity contribution in [3.63, 3.8) is 0 Å². The average Bonchev–Trinajstić information content (AvgIpc) is 2.93. The average molecular weight is 244 g/mol. The summed E-state index contributed by atoms with van der Waals surface area (Å²) >= 11 is 0. The number of benzene rings is 1. The number of nitrogen functional groups attached to an aromatic ring is 1. The molecule has 1 aromatic heterocycles. The van der Waals surface area contributed by atoms with Crippen LogP contribution in [-0.4, -0.2) is 23.9 Å². The van der Waals surface area contributed by atoms with Gasteiger partial charge in [-0.2, -0.15) is 0 Å². The molecule has 0 saturated carbocycles. The molecule has 0 bridgehead atoms. The maximum absolute atomic E-state index is 5.90. The summed E-state index contributed by atoms with van der Waals surface area (Å²) in [4.78, 5) is 0. The summed E-state index contributed by atoms with van der Waals surface area (Å²) in [6.07, 6.45) is 2.32. The fourth-order valence-corrected chi connectivity index (χ4v) is 2.61. The van der Waals surface area contributed by atoms with E-state index in [4.69, 9.17) is 10.5 Å². The summed E-state index contributed by atoms with van der Waals surface area (Å²) in [7, 11) is 1.61. The molecule has 1 aliphatic rings. The van der Waals surface area contributed by atoms with Crippen LogP contribution in [0.25, 0.3) is 10.8 Å². The molecule has 0 aliphatic carbocycles. The molecule has 1 saturated heterocycles. The molecule has 5 heteroatoms. The lowest BCUT2D eigenvalue weighted by molar-refractivity contribution is 0.397. The van der Waals surface area contributed by atoms with Gasteiger partial charge in [-0.05, 0) is 24.9 Å². The molecule has 1 unspecified atom stereocenters. The standard InChI is InChI=1S/C13H16N4O/c1-18-13-11-8(10-6-3-7-15-10)4-2-5-9(11)12(14)16-17-13/h2,4-5,10,15H,3,6-7H2,1H3,(H2,14,16). The van der Waals surface area contributed by atoms with Gasteiger partial charge in [0.25, 0.3) is 0 Å². The number of ether oxygens (including phenoxy) is 1. The molecular formula is C13H16N4O. The molecule has 2 aromatic rings. The molecule has 5 nitrogen and oxygen atoms in total. The van der Waals surface area contributed by atoms with E-state index in [1.165, 1.54) is 12.0 Å². The van der Waals surface area contributed by atoms with Crippen molar-refractivity contribution in [3.8, 4) is 5.88 Å². The normalized spacial score (nSPS) is 19.3. The minimum absolute atomic E-state index is 0.353. The lowest BCUT2D eigenvalue weighted by Gasteiger charge is -2.15. The van der Waals surface area contributed by atoms with Crippen molar-refractivity contribution < 1.29 is 4.74 Å². The van der Waals surface area contributed by atoms with E-state index in [0.717, 1.165) is 23.7 Å². The third-order valence-electron chi connectivity index (χ3n) is 3.46. The van der Waals surface area contributed by atoms with Gasteiger partial charge in [0.15, 0.2) is 5.82 Å². The van der Waals surface area contributed by atoms with Crippen molar-refractivity contribution in [1.29, 1.82) is 0 Å². The van der Waals surface area contributed by atoms with E-state index in [1.54, 1.807) is 7.11 Å². The minimum Gasteiger partial charge on any atom is -0.479 e. The van der Waals surface area contributed by atoms with E-state index in [2.05, 4.69) is 21.6 Å². The van der Waals surface area contributed by atoms with Gasteiger partial charge in [0.2, 0.25) is 5.88 Å². The largest absolute Gasteiger partial charge is 0.479 e. The van der Waals surface area contributed by atoms with E-state index in [0.29, 0.717) is 17.7 Å². The maximum Gasteiger partial charge on any atom is 0.241 e. The first-order chi connectivity index (χ1) is 8.81. The van der Waals surface area contributed by atoms with Crippen molar-refractivity contribution in [2.45, 2.75) is 18.9 Å². The molecule has 18 heavy (non-hydrogen) atoms. The highest BCUT2D eigenvalue weighted by Crippen LogP contribution is 2.35. The van der Waals surface area contributed by atoms with Crippen LogP contribution >= 0.6 is 0 Å². The number of fused-ring (bicyclic) bond motifs is 1. The third-order valence-corrected chi connectivity index (χ3v) is 3.46. The highest BCUT2D eigenvalue weighted by Gasteiger charge is 2.21. The van der Waals surface area contributed by atoms with Crippen LogP contribution < -0.4 is 15.8 Å². The van der Waals surface area contributed by atoms with Crippen LogP contribution in [0.1, 0.15) is 24.4 Å². The number of methoxy groups -OCH3 is 1. The second-order valence-electron chi connectivity index (χ2n) is 4.51. The van der Waals surface area contributed by atoms with Crippen molar-refractivity contribution in [2.24, 2.45) is 0 Å². The van der Waals surface area contributed by atoms with Gasteiger partial charge in [0.05, 0.1) is 12.5 Å². The number of anilines is 1. The first-order valence-electron chi connectivity index (χ1n) is 6.13. The van der Waals surface area contributed by atoms with Crippen molar-refractivity contribution in [2.75, 3.05) is 19.4 Å². The van der Waals surface area contributed by atoms with Crippen molar-refractivity contribution in [1.82, 2.24) is 15.5 Å². The Morgan fingerprint density at radius 3 is 3.00 bits per heavy atom. The quantitative estimate of drug-likeness (QED) is 0.840. The van der Waals surface area contributed by atoms with Gasteiger partial charge in [0.1, 0.15) is 0 Å². The first-order valence-corrected chi connectivity index (χ1v) is 6.13. The number of hydrogen-bond acceptors (Lipinski definition) is 5. The molecule has 0 spiro atoms. The Hall–Kier alpha value is -1.88. The highest BCUT2D eigenvalue weighted by atomic mass is 16.5. The SMILES string of the molecule is COc1nnc(N)c2cccc(C3CCCN3)c12. The fraction of sp³-hybridized carbons (Fsp3) is 0.385. The van der Waals surface area contributed by atoms with Gasteiger partial charge in [-0.3, -0.25) is 0 Å². The number of hydrogen-bond donors (Lipinski definition) is 2. The smallest absolute Gasteiger partial charge is 0.241 e. The molecule has 1 atom stereocenters. The second kappa shape index (κ2) is 4.42. The summed E-state index contributed by atoms with van der Waals surface area (Å²) in [5.74, 6) is 0.995. The van der Waals surface area contributed by atoms with Gasteiger partial charge >= 0.3 is 0 Å². The fourth-order valence-electron chi connectivity index (χ4n) is 2.61. The Kier molecular flexibility index (Phi) is 2.76. The van der Waals surface area contributed by atoms with Crippen molar-refractivity contribution in [3.05, 3.63) is 23.8 Å². The van der Waals surface area contributed by atoms with Crippen LogP contribution in [-0.2, 0) is 0 Å². The maximum atomic E-state index is 5.90. The highest BCUT2D eigenvalue weighted by molar-refractivity contribution is 5.96. The Morgan fingerprint density at radius 2 is 2.28 bits per heavy atom. The van der Waals surface area contributed by atoms with E-state index in [-0.39, 0.29) is 0 Å². The monoisotopic (exact) mass is 244 g/mol. The first kappa shape index (κ1) is 11.2. The van der Waals surface area contributed by atoms with Gasteiger partial charge in [-0.15, -0.1) is 10.2 Å². The molecule has 1 aliphatic heterocycles. The predicted molar refractivity (Wildman–Crippen MR) is 70.5 cm³/mol. The Bertz CT molecular complexity index is 578. The third kappa shape index (κ3) is 1.67. The van der Waals surface area contributed by atoms with Crippen LogP contribution in [0.5, 0.6) is 5.88 Å². The number of nitrogens with one attached hydrogen (secondary N) is 1. The van der Waals surface area contributed by atoms with Crippen LogP contribution in [0.3, 0.4) is 0 Å². The zero-order valence-electron chi connectivity index (χ0n) is 10.3. The predicted octanol–water partition coefficient (Wildman–Crippen LogP) is 1.65. The zero-order valence-corrected chi connectivity index (χ0v) is 10.3. The van der Waals surface area contributed by atoms with Gasteiger partial charge in [-0.1, -0.05) is 18.2 Å². The minimum atomic E-state index is 0.353. The molecule has 1 aromatic carbocycles. The molecule has 3 N–H and O–H groups in total. The molecular weight excluding hydrogens is 228 g/mol. The topological polar surface area (TPSA) is 73.1 Å². The van der Waals surface area contributed by atoms with Gasteiger partial charge in [-0.25, -0.2) is 0 Å². The Morgan fingerprint density at radius 1 is 1.39 bits per heavy atom. The number of rotatable bonds is 2. The summed E-state index contributed by atoms with van der Waals surface area (Å²) < 4.78 is 5.33. The lowest BCUT2D eigenvalue weighted by atomic mass is 9.99. The number of aromatic nitrogens is 2. The summed E-state index contributed by atoms with van der Waals surface area (Å²) in [5, 5.41) is 13.3. The van der Waals surface area contributed by atoms with E-state index in [1.807, 2.05) is 12.1 Å². The van der Waals surface area contributed by atoms with Crippen LogP contribution in [0.15, 0.2) is 18.2 Å². The molecule has 2 heterocycles. The van der Waals surface area contributed by atoms with Gasteiger partial charge < -0.3 is 15.8 Å². The molecule has 0 radical (unpaired) electrons. The molecule has 94 valence electrons. The molecule has 1 fully saturated rings. The van der Waals surface area contributed by atoms with Crippen LogP contribution in [0.2, 0.25) is 0 Å². The van der Waals surface area contributed by atoms with Gasteiger partial charge in [0, 0.05) is 11.4 Å². The Balaban J connectivity index is 2.27. The second-order valence-corrected chi connectivity index (χ2v) is 4.51. The van der Waals surface area contributed by atoms with E-state index < -0.39 is 0 Å². The Labute approximate surface area is 105 Å². The van der Waals surface area contributed by atoms with E-state index in [9.17, 15) is 0 Å². The molecule has 3 rings (SSSR count). The van der Waals surface area contributed by atoms with Crippen LogP contribution in [0, 0.1) is 0 Å².